The van der Waals surface area contributed by atoms with Crippen LogP contribution in [0.5, 0.6) is 5.75 Å². The molecule has 0 aliphatic rings. The van der Waals surface area contributed by atoms with Crippen molar-refractivity contribution < 1.29 is 13.5 Å². The van der Waals surface area contributed by atoms with Crippen molar-refractivity contribution in [2.24, 2.45) is 0 Å². The van der Waals surface area contributed by atoms with Gasteiger partial charge in [0, 0.05) is 12.1 Å². The van der Waals surface area contributed by atoms with E-state index in [4.69, 9.17) is 11.2 Å². The van der Waals surface area contributed by atoms with E-state index in [1.807, 2.05) is 6.07 Å². The summed E-state index contributed by atoms with van der Waals surface area (Å²) in [6.45, 7) is -0.0830. The molecule has 0 fully saturated rings. The molecule has 61 valence electrons. The normalized spacial score (nSPS) is 9.08. The summed E-state index contributed by atoms with van der Waals surface area (Å²) in [5.41, 5.74) is 0. The molecule has 0 N–H and O–H groups in total. The Morgan fingerprint density at radius 2 is 2.33 bits per heavy atom. The van der Waals surface area contributed by atoms with Crippen LogP contribution in [0.1, 0.15) is 0 Å². The van der Waals surface area contributed by atoms with Crippen molar-refractivity contribution in [1.29, 1.82) is 0 Å². The number of halogens is 2. The molecular formula is C9H5F2O. The van der Waals surface area contributed by atoms with Crippen molar-refractivity contribution in [1.82, 2.24) is 0 Å². The van der Waals surface area contributed by atoms with Crippen LogP contribution in [0.2, 0.25) is 0 Å². The summed E-state index contributed by atoms with van der Waals surface area (Å²) in [6, 6.07) is 3.80. The van der Waals surface area contributed by atoms with Gasteiger partial charge in [0.25, 0.3) is 0 Å². The van der Waals surface area contributed by atoms with E-state index in [0.717, 1.165) is 12.1 Å². The summed E-state index contributed by atoms with van der Waals surface area (Å²) in [7, 11) is 0. The SMILES string of the molecule is C#CCOc1cc(F)[c]cc1F. The van der Waals surface area contributed by atoms with Gasteiger partial charge in [0.15, 0.2) is 11.6 Å². The Hall–Kier alpha value is -1.56. The molecule has 1 rings (SSSR count). The summed E-state index contributed by atoms with van der Waals surface area (Å²) >= 11 is 0. The van der Waals surface area contributed by atoms with Gasteiger partial charge in [0.05, 0.1) is 0 Å². The van der Waals surface area contributed by atoms with Gasteiger partial charge in [0.1, 0.15) is 12.4 Å². The molecule has 1 aromatic carbocycles. The lowest BCUT2D eigenvalue weighted by atomic mass is 10.3. The molecule has 12 heavy (non-hydrogen) atoms. The second-order valence-electron chi connectivity index (χ2n) is 1.99. The highest BCUT2D eigenvalue weighted by Crippen LogP contribution is 2.16. The van der Waals surface area contributed by atoms with Crippen LogP contribution in [0.25, 0.3) is 0 Å². The lowest BCUT2D eigenvalue weighted by Gasteiger charge is -2.02. The highest BCUT2D eigenvalue weighted by molar-refractivity contribution is 5.24. The average molecular weight is 167 g/mol. The summed E-state index contributed by atoms with van der Waals surface area (Å²) in [6.07, 6.45) is 4.87. The van der Waals surface area contributed by atoms with Gasteiger partial charge in [-0.3, -0.25) is 0 Å². The first-order valence-corrected chi connectivity index (χ1v) is 3.17. The lowest BCUT2D eigenvalue weighted by Crippen LogP contribution is -1.96. The first-order valence-electron chi connectivity index (χ1n) is 3.17. The van der Waals surface area contributed by atoms with Crippen LogP contribution < -0.4 is 4.74 Å². The van der Waals surface area contributed by atoms with Crippen LogP contribution >= 0.6 is 0 Å². The minimum Gasteiger partial charge on any atom is -0.478 e. The molecule has 1 aromatic rings. The first kappa shape index (κ1) is 8.54. The number of hydrogen-bond donors (Lipinski definition) is 0. The monoisotopic (exact) mass is 167 g/mol. The average Bonchev–Trinajstić information content (AvgIpc) is 2.07. The maximum atomic E-state index is 12.7. The minimum absolute atomic E-state index is 0.0830. The van der Waals surface area contributed by atoms with Crippen LogP contribution in [0.15, 0.2) is 12.1 Å². The van der Waals surface area contributed by atoms with Gasteiger partial charge in [-0.25, -0.2) is 8.78 Å². The highest BCUT2D eigenvalue weighted by atomic mass is 19.1. The predicted molar refractivity (Wildman–Crippen MR) is 39.5 cm³/mol. The zero-order chi connectivity index (χ0) is 8.97. The third kappa shape index (κ3) is 1.96. The predicted octanol–water partition coefficient (Wildman–Crippen LogP) is 1.78. The second kappa shape index (κ2) is 3.72. The number of rotatable bonds is 2. The number of hydrogen-bond acceptors (Lipinski definition) is 1. The summed E-state index contributed by atoms with van der Waals surface area (Å²) in [5, 5.41) is 0. The highest BCUT2D eigenvalue weighted by Gasteiger charge is 2.03. The van der Waals surface area contributed by atoms with Crippen molar-refractivity contribution in [3.63, 3.8) is 0 Å². The lowest BCUT2D eigenvalue weighted by molar-refractivity contribution is 0.345. The van der Waals surface area contributed by atoms with E-state index in [-0.39, 0.29) is 12.4 Å². The Kier molecular flexibility index (Phi) is 2.65. The minimum atomic E-state index is -0.677. The first-order chi connectivity index (χ1) is 5.74. The van der Waals surface area contributed by atoms with Gasteiger partial charge in [-0.1, -0.05) is 5.92 Å². The van der Waals surface area contributed by atoms with Gasteiger partial charge < -0.3 is 4.74 Å². The molecule has 0 saturated heterocycles. The topological polar surface area (TPSA) is 9.23 Å². The molecule has 0 bridgehead atoms. The third-order valence-electron chi connectivity index (χ3n) is 1.14. The van der Waals surface area contributed by atoms with Crippen molar-refractivity contribution in [3.8, 4) is 18.1 Å². The van der Waals surface area contributed by atoms with Crippen molar-refractivity contribution in [2.45, 2.75) is 0 Å². The molecule has 3 heteroatoms. The van der Waals surface area contributed by atoms with Gasteiger partial charge >= 0.3 is 0 Å². The van der Waals surface area contributed by atoms with Gasteiger partial charge in [0.2, 0.25) is 0 Å². The van der Waals surface area contributed by atoms with Gasteiger partial charge in [-0.15, -0.1) is 6.42 Å². The third-order valence-corrected chi connectivity index (χ3v) is 1.14. The van der Waals surface area contributed by atoms with Gasteiger partial charge in [-0.2, -0.15) is 0 Å². The zero-order valence-electron chi connectivity index (χ0n) is 6.10. The molecule has 0 spiro atoms. The van der Waals surface area contributed by atoms with Gasteiger partial charge in [-0.05, 0) is 6.07 Å². The molecule has 0 aromatic heterocycles. The fourth-order valence-electron chi connectivity index (χ4n) is 0.659. The van der Waals surface area contributed by atoms with Crippen LogP contribution in [0.3, 0.4) is 0 Å². The van der Waals surface area contributed by atoms with Crippen LogP contribution in [-0.4, -0.2) is 6.61 Å². The molecule has 0 atom stereocenters. The Morgan fingerprint density at radius 3 is 3.00 bits per heavy atom. The molecule has 1 radical (unpaired) electrons. The van der Waals surface area contributed by atoms with Crippen LogP contribution in [0.4, 0.5) is 8.78 Å². The molecule has 0 heterocycles. The van der Waals surface area contributed by atoms with Crippen LogP contribution in [-0.2, 0) is 0 Å². The number of benzene rings is 1. The van der Waals surface area contributed by atoms with E-state index in [2.05, 4.69) is 5.92 Å². The fourth-order valence-corrected chi connectivity index (χ4v) is 0.659. The number of terminal acetylenes is 1. The Morgan fingerprint density at radius 1 is 1.58 bits per heavy atom. The maximum absolute atomic E-state index is 12.7. The smallest absolute Gasteiger partial charge is 0.165 e. The van der Waals surface area contributed by atoms with E-state index in [1.165, 1.54) is 0 Å². The molecular weight excluding hydrogens is 162 g/mol. The molecule has 0 aliphatic carbocycles. The molecule has 0 saturated carbocycles. The summed E-state index contributed by atoms with van der Waals surface area (Å²) in [4.78, 5) is 0. The quantitative estimate of drug-likeness (QED) is 0.610. The molecule has 0 amide bonds. The van der Waals surface area contributed by atoms with Crippen molar-refractivity contribution in [3.05, 3.63) is 29.8 Å². The van der Waals surface area contributed by atoms with E-state index in [1.54, 1.807) is 0 Å². The van der Waals surface area contributed by atoms with Crippen molar-refractivity contribution >= 4 is 0 Å². The molecule has 0 unspecified atom stereocenters. The Balaban J connectivity index is 2.84. The zero-order valence-corrected chi connectivity index (χ0v) is 6.10. The second-order valence-corrected chi connectivity index (χ2v) is 1.99. The molecule has 0 aliphatic heterocycles. The van der Waals surface area contributed by atoms with E-state index < -0.39 is 11.6 Å². The Labute approximate surface area is 69.0 Å². The van der Waals surface area contributed by atoms with Crippen LogP contribution in [0, 0.1) is 30.0 Å². The molecule has 1 nitrogen and oxygen atoms in total. The Bertz CT molecular complexity index is 315. The fraction of sp³-hybridized carbons (Fsp3) is 0.111. The summed E-state index contributed by atoms with van der Waals surface area (Å²) in [5.74, 6) is 0.599. The number of ether oxygens (including phenoxy) is 1. The van der Waals surface area contributed by atoms with E-state index in [9.17, 15) is 8.78 Å². The summed E-state index contributed by atoms with van der Waals surface area (Å²) < 4.78 is 29.8. The van der Waals surface area contributed by atoms with E-state index >= 15 is 0 Å². The van der Waals surface area contributed by atoms with Crippen molar-refractivity contribution in [2.75, 3.05) is 6.61 Å². The standard InChI is InChI=1S/C9H5F2O/c1-2-5-12-9-6-7(10)3-4-8(9)11/h1,4,6H,5H2. The maximum Gasteiger partial charge on any atom is 0.165 e. The van der Waals surface area contributed by atoms with E-state index in [0.29, 0.717) is 0 Å². The largest absolute Gasteiger partial charge is 0.478 e.